The Morgan fingerprint density at radius 2 is 1.95 bits per heavy atom. The lowest BCUT2D eigenvalue weighted by molar-refractivity contribution is 0.115. The van der Waals surface area contributed by atoms with Crippen LogP contribution in [0.4, 0.5) is 4.39 Å². The van der Waals surface area contributed by atoms with E-state index in [0.29, 0.717) is 0 Å². The Labute approximate surface area is 115 Å². The molecule has 0 amide bonds. The molecule has 2 nitrogen and oxygen atoms in total. The third-order valence-electron chi connectivity index (χ3n) is 4.34. The molecule has 1 saturated heterocycles. The van der Waals surface area contributed by atoms with Crippen LogP contribution in [0.5, 0.6) is 0 Å². The van der Waals surface area contributed by atoms with E-state index in [-0.39, 0.29) is 17.9 Å². The highest BCUT2D eigenvalue weighted by Crippen LogP contribution is 2.30. The number of halogens is 1. The summed E-state index contributed by atoms with van der Waals surface area (Å²) in [6, 6.07) is 6.97. The van der Waals surface area contributed by atoms with E-state index in [1.165, 1.54) is 25.3 Å². The summed E-state index contributed by atoms with van der Waals surface area (Å²) in [4.78, 5) is 2.36. The first kappa shape index (κ1) is 14.5. The lowest BCUT2D eigenvalue weighted by Gasteiger charge is -2.39. The predicted molar refractivity (Wildman–Crippen MR) is 77.4 cm³/mol. The van der Waals surface area contributed by atoms with Crippen LogP contribution < -0.4 is 5.73 Å². The molecule has 106 valence electrons. The van der Waals surface area contributed by atoms with Gasteiger partial charge in [0.05, 0.1) is 6.04 Å². The molecule has 0 spiro atoms. The summed E-state index contributed by atoms with van der Waals surface area (Å²) >= 11 is 0. The zero-order chi connectivity index (χ0) is 13.8. The Hall–Kier alpha value is -0.930. The van der Waals surface area contributed by atoms with Crippen molar-refractivity contribution in [2.24, 2.45) is 11.7 Å². The van der Waals surface area contributed by atoms with Crippen molar-refractivity contribution in [3.05, 3.63) is 35.6 Å². The minimum absolute atomic E-state index is 0.000920. The molecule has 0 saturated carbocycles. The molecule has 2 rings (SSSR count). The number of nitrogens with zero attached hydrogens (tertiary/aromatic N) is 1. The van der Waals surface area contributed by atoms with Crippen molar-refractivity contribution in [2.75, 3.05) is 13.1 Å². The monoisotopic (exact) mass is 264 g/mol. The maximum Gasteiger partial charge on any atom is 0.128 e. The van der Waals surface area contributed by atoms with Gasteiger partial charge in [-0.25, -0.2) is 4.39 Å². The largest absolute Gasteiger partial charge is 0.326 e. The molecule has 0 aliphatic carbocycles. The fourth-order valence-electron chi connectivity index (χ4n) is 3.17. The number of nitrogens with two attached hydrogens (primary N) is 1. The standard InChI is InChI=1S/C16H25FN2/c1-3-13-8-10-19(11-9-13)16(12(2)18)14-6-4-5-7-15(14)17/h4-7,12-13,16H,3,8-11,18H2,1-2H3. The van der Waals surface area contributed by atoms with Gasteiger partial charge >= 0.3 is 0 Å². The van der Waals surface area contributed by atoms with Gasteiger partial charge in [0.2, 0.25) is 0 Å². The van der Waals surface area contributed by atoms with E-state index in [1.807, 2.05) is 19.1 Å². The summed E-state index contributed by atoms with van der Waals surface area (Å²) < 4.78 is 14.0. The van der Waals surface area contributed by atoms with E-state index in [0.717, 1.165) is 24.6 Å². The number of piperidine rings is 1. The average Bonchev–Trinajstić information content (AvgIpc) is 2.42. The molecular weight excluding hydrogens is 239 g/mol. The smallest absolute Gasteiger partial charge is 0.128 e. The highest BCUT2D eigenvalue weighted by Gasteiger charge is 2.29. The van der Waals surface area contributed by atoms with Crippen LogP contribution in [0, 0.1) is 11.7 Å². The van der Waals surface area contributed by atoms with Crippen LogP contribution in [0.25, 0.3) is 0 Å². The molecule has 0 bridgehead atoms. The van der Waals surface area contributed by atoms with E-state index in [9.17, 15) is 4.39 Å². The van der Waals surface area contributed by atoms with Gasteiger partial charge in [0.1, 0.15) is 5.82 Å². The molecule has 1 fully saturated rings. The van der Waals surface area contributed by atoms with Crippen LogP contribution in [0.15, 0.2) is 24.3 Å². The minimum Gasteiger partial charge on any atom is -0.326 e. The second kappa shape index (κ2) is 6.49. The average molecular weight is 264 g/mol. The zero-order valence-corrected chi connectivity index (χ0v) is 12.0. The van der Waals surface area contributed by atoms with Gasteiger partial charge in [0, 0.05) is 11.6 Å². The van der Waals surface area contributed by atoms with Crippen LogP contribution in [-0.2, 0) is 0 Å². The zero-order valence-electron chi connectivity index (χ0n) is 12.0. The van der Waals surface area contributed by atoms with Crippen molar-refractivity contribution < 1.29 is 4.39 Å². The summed E-state index contributed by atoms with van der Waals surface area (Å²) in [5, 5.41) is 0. The fraction of sp³-hybridized carbons (Fsp3) is 0.625. The molecule has 0 radical (unpaired) electrons. The lowest BCUT2D eigenvalue weighted by atomic mass is 9.90. The second-order valence-corrected chi connectivity index (χ2v) is 5.71. The Morgan fingerprint density at radius 1 is 1.32 bits per heavy atom. The van der Waals surface area contributed by atoms with Gasteiger partial charge in [0.25, 0.3) is 0 Å². The van der Waals surface area contributed by atoms with Crippen molar-refractivity contribution in [3.63, 3.8) is 0 Å². The molecule has 19 heavy (non-hydrogen) atoms. The van der Waals surface area contributed by atoms with E-state index in [1.54, 1.807) is 6.07 Å². The molecular formula is C16H25FN2. The quantitative estimate of drug-likeness (QED) is 0.903. The van der Waals surface area contributed by atoms with Crippen molar-refractivity contribution >= 4 is 0 Å². The molecule has 1 heterocycles. The van der Waals surface area contributed by atoms with Crippen LogP contribution in [0.2, 0.25) is 0 Å². The maximum atomic E-state index is 14.0. The Kier molecular flexibility index (Phi) is 4.94. The second-order valence-electron chi connectivity index (χ2n) is 5.71. The molecule has 3 heteroatoms. The third-order valence-corrected chi connectivity index (χ3v) is 4.34. The van der Waals surface area contributed by atoms with Crippen LogP contribution in [0.3, 0.4) is 0 Å². The van der Waals surface area contributed by atoms with E-state index < -0.39 is 0 Å². The van der Waals surface area contributed by atoms with Crippen molar-refractivity contribution in [3.8, 4) is 0 Å². The summed E-state index contributed by atoms with van der Waals surface area (Å²) in [7, 11) is 0. The SMILES string of the molecule is CCC1CCN(C(c2ccccc2F)C(C)N)CC1. The third kappa shape index (κ3) is 3.34. The van der Waals surface area contributed by atoms with E-state index >= 15 is 0 Å². The molecule has 2 N–H and O–H groups in total. The summed E-state index contributed by atoms with van der Waals surface area (Å²) in [5.74, 6) is 0.688. The molecule has 2 unspecified atom stereocenters. The first-order valence-corrected chi connectivity index (χ1v) is 7.37. The Bertz CT molecular complexity index is 397. The Morgan fingerprint density at radius 3 is 2.47 bits per heavy atom. The highest BCUT2D eigenvalue weighted by atomic mass is 19.1. The van der Waals surface area contributed by atoms with Gasteiger partial charge in [-0.1, -0.05) is 31.5 Å². The first-order chi connectivity index (χ1) is 9.13. The van der Waals surface area contributed by atoms with Crippen LogP contribution in [-0.4, -0.2) is 24.0 Å². The molecule has 0 aromatic heterocycles. The predicted octanol–water partition coefficient (Wildman–Crippen LogP) is 3.34. The molecule has 1 aromatic rings. The number of rotatable bonds is 4. The fourth-order valence-corrected chi connectivity index (χ4v) is 3.17. The first-order valence-electron chi connectivity index (χ1n) is 7.37. The molecule has 1 aliphatic heterocycles. The van der Waals surface area contributed by atoms with Crippen LogP contribution in [0.1, 0.15) is 44.7 Å². The maximum absolute atomic E-state index is 14.0. The topological polar surface area (TPSA) is 29.3 Å². The van der Waals surface area contributed by atoms with Gasteiger partial charge in [-0.05, 0) is 44.8 Å². The van der Waals surface area contributed by atoms with Crippen LogP contribution >= 0.6 is 0 Å². The normalized spacial score (nSPS) is 21.3. The van der Waals surface area contributed by atoms with E-state index in [4.69, 9.17) is 5.73 Å². The minimum atomic E-state index is -0.137. The Balaban J connectivity index is 2.16. The number of likely N-dealkylation sites (tertiary alicyclic amines) is 1. The van der Waals surface area contributed by atoms with Crippen molar-refractivity contribution in [2.45, 2.75) is 45.2 Å². The highest BCUT2D eigenvalue weighted by molar-refractivity contribution is 5.23. The molecule has 2 atom stereocenters. The summed E-state index contributed by atoms with van der Waals surface area (Å²) in [5.41, 5.74) is 6.87. The van der Waals surface area contributed by atoms with Gasteiger partial charge in [-0.2, -0.15) is 0 Å². The summed E-state index contributed by atoms with van der Waals surface area (Å²) in [6.07, 6.45) is 3.65. The lowest BCUT2D eigenvalue weighted by Crippen LogP contribution is -2.44. The van der Waals surface area contributed by atoms with Gasteiger partial charge < -0.3 is 5.73 Å². The molecule has 1 aromatic carbocycles. The molecule has 1 aliphatic rings. The number of hydrogen-bond acceptors (Lipinski definition) is 2. The number of benzene rings is 1. The number of hydrogen-bond donors (Lipinski definition) is 1. The van der Waals surface area contributed by atoms with Gasteiger partial charge in [-0.15, -0.1) is 0 Å². The van der Waals surface area contributed by atoms with Gasteiger partial charge in [-0.3, -0.25) is 4.90 Å². The van der Waals surface area contributed by atoms with Gasteiger partial charge in [0.15, 0.2) is 0 Å². The van der Waals surface area contributed by atoms with E-state index in [2.05, 4.69) is 11.8 Å². The van der Waals surface area contributed by atoms with Crippen molar-refractivity contribution in [1.82, 2.24) is 4.90 Å². The van der Waals surface area contributed by atoms with Crippen molar-refractivity contribution in [1.29, 1.82) is 0 Å². The summed E-state index contributed by atoms with van der Waals surface area (Å²) in [6.45, 7) is 6.28.